The third-order valence-corrected chi connectivity index (χ3v) is 3.53. The summed E-state index contributed by atoms with van der Waals surface area (Å²) >= 11 is 0. The summed E-state index contributed by atoms with van der Waals surface area (Å²) < 4.78 is 1.77. The SMILES string of the molecule is Cc1ccc(C)c(C(=O)Nc2ccc(-n3cccn3)cc2)c1. The van der Waals surface area contributed by atoms with E-state index in [1.807, 2.05) is 68.6 Å². The monoisotopic (exact) mass is 291 g/mol. The number of aromatic nitrogens is 2. The highest BCUT2D eigenvalue weighted by Gasteiger charge is 2.09. The Labute approximate surface area is 129 Å². The van der Waals surface area contributed by atoms with Gasteiger partial charge in [0.05, 0.1) is 5.69 Å². The fourth-order valence-corrected chi connectivity index (χ4v) is 2.30. The van der Waals surface area contributed by atoms with Gasteiger partial charge in [-0.05, 0) is 55.8 Å². The van der Waals surface area contributed by atoms with E-state index >= 15 is 0 Å². The first-order valence-corrected chi connectivity index (χ1v) is 7.12. The van der Waals surface area contributed by atoms with Crippen LogP contribution in [0.25, 0.3) is 5.69 Å². The number of nitrogens with zero attached hydrogens (tertiary/aromatic N) is 2. The Kier molecular flexibility index (Phi) is 3.74. The lowest BCUT2D eigenvalue weighted by atomic mass is 10.1. The number of benzene rings is 2. The molecule has 4 heteroatoms. The van der Waals surface area contributed by atoms with Gasteiger partial charge in [0, 0.05) is 23.6 Å². The summed E-state index contributed by atoms with van der Waals surface area (Å²) in [5.74, 6) is -0.0898. The molecular weight excluding hydrogens is 274 g/mol. The van der Waals surface area contributed by atoms with Crippen molar-refractivity contribution >= 4 is 11.6 Å². The van der Waals surface area contributed by atoms with E-state index in [0.717, 1.165) is 22.5 Å². The summed E-state index contributed by atoms with van der Waals surface area (Å²) in [6.45, 7) is 3.92. The molecule has 0 radical (unpaired) electrons. The lowest BCUT2D eigenvalue weighted by Crippen LogP contribution is -2.13. The van der Waals surface area contributed by atoms with Crippen molar-refractivity contribution in [2.45, 2.75) is 13.8 Å². The van der Waals surface area contributed by atoms with E-state index in [2.05, 4.69) is 10.4 Å². The zero-order valence-electron chi connectivity index (χ0n) is 12.6. The molecule has 0 atom stereocenters. The number of rotatable bonds is 3. The molecule has 0 aliphatic heterocycles. The molecule has 0 saturated carbocycles. The zero-order chi connectivity index (χ0) is 15.5. The van der Waals surface area contributed by atoms with Gasteiger partial charge in [-0.3, -0.25) is 4.79 Å². The van der Waals surface area contributed by atoms with Gasteiger partial charge in [-0.25, -0.2) is 4.68 Å². The van der Waals surface area contributed by atoms with E-state index in [-0.39, 0.29) is 5.91 Å². The summed E-state index contributed by atoms with van der Waals surface area (Å²) in [5.41, 5.74) is 4.47. The van der Waals surface area contributed by atoms with Crippen LogP contribution in [-0.2, 0) is 0 Å². The van der Waals surface area contributed by atoms with Crippen LogP contribution in [0, 0.1) is 13.8 Å². The molecule has 1 aromatic heterocycles. The Morgan fingerprint density at radius 3 is 2.55 bits per heavy atom. The van der Waals surface area contributed by atoms with E-state index in [1.54, 1.807) is 10.9 Å². The van der Waals surface area contributed by atoms with Crippen molar-refractivity contribution in [3.63, 3.8) is 0 Å². The van der Waals surface area contributed by atoms with Crippen molar-refractivity contribution in [2.24, 2.45) is 0 Å². The number of nitrogens with one attached hydrogen (secondary N) is 1. The van der Waals surface area contributed by atoms with Gasteiger partial charge in [0.1, 0.15) is 0 Å². The molecule has 0 aliphatic carbocycles. The smallest absolute Gasteiger partial charge is 0.255 e. The van der Waals surface area contributed by atoms with Crippen LogP contribution in [0.5, 0.6) is 0 Å². The van der Waals surface area contributed by atoms with Gasteiger partial charge in [-0.15, -0.1) is 0 Å². The van der Waals surface area contributed by atoms with Crippen molar-refractivity contribution in [3.05, 3.63) is 77.6 Å². The quantitative estimate of drug-likeness (QED) is 0.799. The second kappa shape index (κ2) is 5.85. The van der Waals surface area contributed by atoms with Crippen LogP contribution in [-0.4, -0.2) is 15.7 Å². The predicted octanol–water partition coefficient (Wildman–Crippen LogP) is 3.74. The molecule has 1 heterocycles. The van der Waals surface area contributed by atoms with Crippen LogP contribution in [0.1, 0.15) is 21.5 Å². The third kappa shape index (κ3) is 2.91. The molecule has 3 aromatic rings. The average molecular weight is 291 g/mol. The number of anilines is 1. The lowest BCUT2D eigenvalue weighted by Gasteiger charge is -2.09. The number of amides is 1. The molecular formula is C18H17N3O. The third-order valence-electron chi connectivity index (χ3n) is 3.53. The van der Waals surface area contributed by atoms with Gasteiger partial charge in [0.15, 0.2) is 0 Å². The summed E-state index contributed by atoms with van der Waals surface area (Å²) in [6, 6.07) is 15.3. The molecule has 1 N–H and O–H groups in total. The maximum absolute atomic E-state index is 12.4. The second-order valence-electron chi connectivity index (χ2n) is 5.27. The van der Waals surface area contributed by atoms with E-state index in [4.69, 9.17) is 0 Å². The highest BCUT2D eigenvalue weighted by molar-refractivity contribution is 6.05. The normalized spacial score (nSPS) is 10.5. The molecule has 0 spiro atoms. The van der Waals surface area contributed by atoms with E-state index in [0.29, 0.717) is 5.56 Å². The van der Waals surface area contributed by atoms with E-state index < -0.39 is 0 Å². The van der Waals surface area contributed by atoms with Gasteiger partial charge in [0.25, 0.3) is 5.91 Å². The van der Waals surface area contributed by atoms with Crippen LogP contribution in [0.4, 0.5) is 5.69 Å². The number of hydrogen-bond donors (Lipinski definition) is 1. The molecule has 3 rings (SSSR count). The fraction of sp³-hybridized carbons (Fsp3) is 0.111. The summed E-state index contributed by atoms with van der Waals surface area (Å²) in [4.78, 5) is 12.4. The number of hydrogen-bond acceptors (Lipinski definition) is 2. The zero-order valence-corrected chi connectivity index (χ0v) is 12.6. The largest absolute Gasteiger partial charge is 0.322 e. The number of carbonyl (C=O) groups excluding carboxylic acids is 1. The maximum Gasteiger partial charge on any atom is 0.255 e. The van der Waals surface area contributed by atoms with Crippen molar-refractivity contribution in [1.29, 1.82) is 0 Å². The Morgan fingerprint density at radius 1 is 1.09 bits per heavy atom. The minimum Gasteiger partial charge on any atom is -0.322 e. The minimum absolute atomic E-state index is 0.0898. The first kappa shape index (κ1) is 14.1. The van der Waals surface area contributed by atoms with Gasteiger partial charge < -0.3 is 5.32 Å². The lowest BCUT2D eigenvalue weighted by molar-refractivity contribution is 0.102. The average Bonchev–Trinajstić information content (AvgIpc) is 3.05. The molecule has 110 valence electrons. The van der Waals surface area contributed by atoms with E-state index in [9.17, 15) is 4.79 Å². The van der Waals surface area contributed by atoms with Gasteiger partial charge in [-0.2, -0.15) is 5.10 Å². The molecule has 2 aromatic carbocycles. The highest BCUT2D eigenvalue weighted by atomic mass is 16.1. The first-order valence-electron chi connectivity index (χ1n) is 7.12. The van der Waals surface area contributed by atoms with Gasteiger partial charge >= 0.3 is 0 Å². The molecule has 0 saturated heterocycles. The van der Waals surface area contributed by atoms with Crippen molar-refractivity contribution in [2.75, 3.05) is 5.32 Å². The van der Waals surface area contributed by atoms with Gasteiger partial charge in [-0.1, -0.05) is 17.7 Å². The molecule has 4 nitrogen and oxygen atoms in total. The van der Waals surface area contributed by atoms with Crippen LogP contribution >= 0.6 is 0 Å². The topological polar surface area (TPSA) is 46.9 Å². The van der Waals surface area contributed by atoms with Gasteiger partial charge in [0.2, 0.25) is 0 Å². The number of carbonyl (C=O) groups is 1. The maximum atomic E-state index is 12.4. The van der Waals surface area contributed by atoms with Crippen LogP contribution in [0.15, 0.2) is 60.9 Å². The molecule has 0 unspecified atom stereocenters. The highest BCUT2D eigenvalue weighted by Crippen LogP contribution is 2.16. The van der Waals surface area contributed by atoms with Crippen LogP contribution in [0.3, 0.4) is 0 Å². The summed E-state index contributed by atoms with van der Waals surface area (Å²) in [7, 11) is 0. The predicted molar refractivity (Wildman–Crippen MR) is 87.4 cm³/mol. The first-order chi connectivity index (χ1) is 10.6. The molecule has 0 fully saturated rings. The standard InChI is InChI=1S/C18H17N3O/c1-13-4-5-14(2)17(12-13)18(22)20-15-6-8-16(9-7-15)21-11-3-10-19-21/h3-12H,1-2H3,(H,20,22). The Hall–Kier alpha value is -2.88. The van der Waals surface area contributed by atoms with Crippen LogP contribution in [0.2, 0.25) is 0 Å². The minimum atomic E-state index is -0.0898. The Morgan fingerprint density at radius 2 is 1.86 bits per heavy atom. The molecule has 0 bridgehead atoms. The van der Waals surface area contributed by atoms with Crippen LogP contribution < -0.4 is 5.32 Å². The Balaban J connectivity index is 1.78. The molecule has 1 amide bonds. The molecule has 0 aliphatic rings. The Bertz CT molecular complexity index is 790. The number of aryl methyl sites for hydroxylation is 2. The summed E-state index contributed by atoms with van der Waals surface area (Å²) in [6.07, 6.45) is 3.61. The second-order valence-corrected chi connectivity index (χ2v) is 5.27. The summed E-state index contributed by atoms with van der Waals surface area (Å²) in [5, 5.41) is 7.11. The van der Waals surface area contributed by atoms with Crippen molar-refractivity contribution in [1.82, 2.24) is 9.78 Å². The van der Waals surface area contributed by atoms with E-state index in [1.165, 1.54) is 0 Å². The van der Waals surface area contributed by atoms with Crippen molar-refractivity contribution < 1.29 is 4.79 Å². The molecule has 22 heavy (non-hydrogen) atoms. The van der Waals surface area contributed by atoms with Crippen molar-refractivity contribution in [3.8, 4) is 5.69 Å². The fourth-order valence-electron chi connectivity index (χ4n) is 2.30.